The Morgan fingerprint density at radius 1 is 1.22 bits per heavy atom. The minimum absolute atomic E-state index is 0.160. The first-order valence-electron chi connectivity index (χ1n) is 6.65. The number of hydrogen-bond acceptors (Lipinski definition) is 2. The molecule has 0 spiro atoms. The zero-order valence-corrected chi connectivity index (χ0v) is 11.1. The zero-order chi connectivity index (χ0) is 13.0. The Bertz CT molecular complexity index is 399. The van der Waals surface area contributed by atoms with Gasteiger partial charge >= 0.3 is 0 Å². The van der Waals surface area contributed by atoms with E-state index in [4.69, 9.17) is 4.74 Å². The van der Waals surface area contributed by atoms with Gasteiger partial charge in [-0.1, -0.05) is 19.8 Å². The van der Waals surface area contributed by atoms with Gasteiger partial charge in [0.25, 0.3) is 0 Å². The monoisotopic (exact) mass is 247 g/mol. The molecule has 3 heteroatoms. The third kappa shape index (κ3) is 3.03. The first-order chi connectivity index (χ1) is 8.70. The maximum absolute atomic E-state index is 12.2. The fourth-order valence-corrected chi connectivity index (χ4v) is 2.62. The Labute approximate surface area is 109 Å². The molecule has 1 N–H and O–H groups in total. The summed E-state index contributed by atoms with van der Waals surface area (Å²) in [5.74, 6) is 1.63. The highest BCUT2D eigenvalue weighted by atomic mass is 16.5. The van der Waals surface area contributed by atoms with Gasteiger partial charge in [-0.25, -0.2) is 0 Å². The number of benzene rings is 1. The number of nitrogens with one attached hydrogen (secondary N) is 1. The highest BCUT2D eigenvalue weighted by Crippen LogP contribution is 2.30. The Kier molecular flexibility index (Phi) is 4.24. The summed E-state index contributed by atoms with van der Waals surface area (Å²) >= 11 is 0. The largest absolute Gasteiger partial charge is 0.497 e. The van der Waals surface area contributed by atoms with Crippen LogP contribution in [0.3, 0.4) is 0 Å². The summed E-state index contributed by atoms with van der Waals surface area (Å²) in [6, 6.07) is 7.48. The van der Waals surface area contributed by atoms with Gasteiger partial charge in [-0.05, 0) is 43.0 Å². The predicted octanol–water partition coefficient (Wildman–Crippen LogP) is 3.46. The highest BCUT2D eigenvalue weighted by Gasteiger charge is 2.27. The van der Waals surface area contributed by atoms with Crippen LogP contribution in [0, 0.1) is 11.8 Å². The quantitative estimate of drug-likeness (QED) is 0.888. The van der Waals surface area contributed by atoms with Crippen LogP contribution in [-0.2, 0) is 4.79 Å². The van der Waals surface area contributed by atoms with Gasteiger partial charge in [0.15, 0.2) is 0 Å². The van der Waals surface area contributed by atoms with Crippen LogP contribution in [0.1, 0.15) is 32.6 Å². The predicted molar refractivity (Wildman–Crippen MR) is 72.7 cm³/mol. The third-order valence-corrected chi connectivity index (χ3v) is 3.81. The molecule has 18 heavy (non-hydrogen) atoms. The molecule has 0 bridgehead atoms. The number of rotatable bonds is 3. The van der Waals surface area contributed by atoms with Gasteiger partial charge in [-0.3, -0.25) is 4.79 Å². The molecule has 1 aromatic carbocycles. The lowest BCUT2D eigenvalue weighted by atomic mass is 9.80. The van der Waals surface area contributed by atoms with Crippen molar-refractivity contribution in [2.24, 2.45) is 11.8 Å². The van der Waals surface area contributed by atoms with Crippen molar-refractivity contribution in [1.29, 1.82) is 0 Å². The molecule has 98 valence electrons. The molecular formula is C15H21NO2. The number of methoxy groups -OCH3 is 1. The highest BCUT2D eigenvalue weighted by molar-refractivity contribution is 5.92. The van der Waals surface area contributed by atoms with E-state index in [2.05, 4.69) is 12.2 Å². The fraction of sp³-hybridized carbons (Fsp3) is 0.533. The Balaban J connectivity index is 1.97. The summed E-state index contributed by atoms with van der Waals surface area (Å²) in [4.78, 5) is 12.2. The summed E-state index contributed by atoms with van der Waals surface area (Å²) < 4.78 is 5.09. The maximum atomic E-state index is 12.2. The van der Waals surface area contributed by atoms with Crippen molar-refractivity contribution in [3.63, 3.8) is 0 Å². The summed E-state index contributed by atoms with van der Waals surface area (Å²) in [5, 5.41) is 3.00. The number of amides is 1. The zero-order valence-electron chi connectivity index (χ0n) is 11.1. The standard InChI is InChI=1S/C15H21NO2/c1-11-5-3-4-6-14(11)15(17)16-12-7-9-13(18-2)10-8-12/h7-11,14H,3-6H2,1-2H3,(H,16,17)/t11-,14+/m0/s1. The van der Waals surface area contributed by atoms with Gasteiger partial charge in [0.05, 0.1) is 7.11 Å². The van der Waals surface area contributed by atoms with Gasteiger partial charge in [0.2, 0.25) is 5.91 Å². The second kappa shape index (κ2) is 5.89. The summed E-state index contributed by atoms with van der Waals surface area (Å²) in [5.41, 5.74) is 0.846. The number of anilines is 1. The van der Waals surface area contributed by atoms with E-state index in [-0.39, 0.29) is 11.8 Å². The molecule has 0 aliphatic heterocycles. The lowest BCUT2D eigenvalue weighted by molar-refractivity contribution is -0.122. The van der Waals surface area contributed by atoms with Gasteiger partial charge in [-0.2, -0.15) is 0 Å². The number of ether oxygens (including phenoxy) is 1. The maximum Gasteiger partial charge on any atom is 0.227 e. The molecule has 2 rings (SSSR count). The van der Waals surface area contributed by atoms with Crippen molar-refractivity contribution in [2.75, 3.05) is 12.4 Å². The molecule has 1 aromatic rings. The Hall–Kier alpha value is -1.51. The smallest absolute Gasteiger partial charge is 0.227 e. The van der Waals surface area contributed by atoms with Crippen molar-refractivity contribution < 1.29 is 9.53 Å². The molecule has 1 amide bonds. The van der Waals surface area contributed by atoms with E-state index in [1.807, 2.05) is 24.3 Å². The van der Waals surface area contributed by atoms with E-state index in [0.29, 0.717) is 5.92 Å². The van der Waals surface area contributed by atoms with Crippen LogP contribution in [-0.4, -0.2) is 13.0 Å². The SMILES string of the molecule is COc1ccc(NC(=O)[C@@H]2CCCC[C@@H]2C)cc1. The van der Waals surface area contributed by atoms with Crippen LogP contribution in [0.5, 0.6) is 5.75 Å². The minimum atomic E-state index is 0.160. The average Bonchev–Trinajstić information content (AvgIpc) is 2.40. The van der Waals surface area contributed by atoms with Crippen LogP contribution in [0.2, 0.25) is 0 Å². The number of carbonyl (C=O) groups excluding carboxylic acids is 1. The molecule has 1 fully saturated rings. The summed E-state index contributed by atoms with van der Waals surface area (Å²) in [6.07, 6.45) is 4.61. The summed E-state index contributed by atoms with van der Waals surface area (Å²) in [7, 11) is 1.64. The van der Waals surface area contributed by atoms with Crippen molar-refractivity contribution in [2.45, 2.75) is 32.6 Å². The van der Waals surface area contributed by atoms with Crippen LogP contribution in [0.15, 0.2) is 24.3 Å². The minimum Gasteiger partial charge on any atom is -0.497 e. The van der Waals surface area contributed by atoms with E-state index in [1.54, 1.807) is 7.11 Å². The van der Waals surface area contributed by atoms with Crippen LogP contribution < -0.4 is 10.1 Å². The van der Waals surface area contributed by atoms with E-state index >= 15 is 0 Å². The Morgan fingerprint density at radius 2 is 1.89 bits per heavy atom. The molecule has 0 aromatic heterocycles. The van der Waals surface area contributed by atoms with Crippen molar-refractivity contribution in [3.05, 3.63) is 24.3 Å². The topological polar surface area (TPSA) is 38.3 Å². The van der Waals surface area contributed by atoms with Crippen LogP contribution in [0.25, 0.3) is 0 Å². The fourth-order valence-electron chi connectivity index (χ4n) is 2.62. The van der Waals surface area contributed by atoms with E-state index < -0.39 is 0 Å². The first kappa shape index (κ1) is 12.9. The van der Waals surface area contributed by atoms with E-state index in [0.717, 1.165) is 17.9 Å². The molecule has 3 nitrogen and oxygen atoms in total. The number of carbonyl (C=O) groups is 1. The molecule has 1 aliphatic carbocycles. The second-order valence-corrected chi connectivity index (χ2v) is 5.09. The Morgan fingerprint density at radius 3 is 2.50 bits per heavy atom. The lowest BCUT2D eigenvalue weighted by Gasteiger charge is -2.27. The van der Waals surface area contributed by atoms with Gasteiger partial charge in [-0.15, -0.1) is 0 Å². The second-order valence-electron chi connectivity index (χ2n) is 5.09. The van der Waals surface area contributed by atoms with Gasteiger partial charge in [0.1, 0.15) is 5.75 Å². The molecule has 0 heterocycles. The molecule has 0 unspecified atom stereocenters. The van der Waals surface area contributed by atoms with Gasteiger partial charge < -0.3 is 10.1 Å². The van der Waals surface area contributed by atoms with Crippen molar-refractivity contribution >= 4 is 11.6 Å². The van der Waals surface area contributed by atoms with Gasteiger partial charge in [0, 0.05) is 11.6 Å². The van der Waals surface area contributed by atoms with Crippen molar-refractivity contribution in [1.82, 2.24) is 0 Å². The van der Waals surface area contributed by atoms with Crippen LogP contribution in [0.4, 0.5) is 5.69 Å². The molecule has 2 atom stereocenters. The third-order valence-electron chi connectivity index (χ3n) is 3.81. The average molecular weight is 247 g/mol. The van der Waals surface area contributed by atoms with Crippen LogP contribution >= 0.6 is 0 Å². The molecule has 0 saturated heterocycles. The van der Waals surface area contributed by atoms with E-state index in [1.165, 1.54) is 19.3 Å². The van der Waals surface area contributed by atoms with E-state index in [9.17, 15) is 4.79 Å². The molecule has 0 radical (unpaired) electrons. The lowest BCUT2D eigenvalue weighted by Crippen LogP contribution is -2.30. The number of hydrogen-bond donors (Lipinski definition) is 1. The first-order valence-corrected chi connectivity index (χ1v) is 6.65. The van der Waals surface area contributed by atoms with Crippen molar-refractivity contribution in [3.8, 4) is 5.75 Å². The molecular weight excluding hydrogens is 226 g/mol. The summed E-state index contributed by atoms with van der Waals surface area (Å²) in [6.45, 7) is 2.18. The normalized spacial score (nSPS) is 23.4. The molecule has 1 aliphatic rings. The molecule has 1 saturated carbocycles.